The SMILES string of the molecule is CC(=O)N[C@H]1[C@H](O[C@H]2[C@H](O)[C@@H](NC(C)=O)[C@H](Oc3ccc([N+](=O)[O-])cc3)O[C@@H]2CO)O[C@H](CO)[C@@H](O[C@@H]2O[C@H](CO)[C@H](O)[C@H](O)[C@H]2O)[C@@H]1O. The molecule has 0 unspecified atom stereocenters. The van der Waals surface area contributed by atoms with Gasteiger partial charge < -0.3 is 79.9 Å². The number of nitro benzene ring substituents is 1. The predicted octanol–water partition coefficient (Wildman–Crippen LogP) is -5.29. The maximum atomic E-state index is 12.2. The lowest BCUT2D eigenvalue weighted by atomic mass is 9.94. The second-order valence-corrected chi connectivity index (χ2v) is 11.7. The average molecular weight is 708 g/mol. The summed E-state index contributed by atoms with van der Waals surface area (Å²) in [6.07, 6.45) is -21.3. The number of aliphatic hydroxyl groups is 8. The minimum absolute atomic E-state index is 0.0508. The fourth-order valence-electron chi connectivity index (χ4n) is 5.73. The van der Waals surface area contributed by atoms with Crippen LogP contribution in [0.15, 0.2) is 24.3 Å². The number of benzene rings is 1. The van der Waals surface area contributed by atoms with Crippen LogP contribution in [0.1, 0.15) is 13.8 Å². The van der Waals surface area contributed by atoms with Crippen LogP contribution in [0.25, 0.3) is 0 Å². The lowest BCUT2D eigenvalue weighted by Crippen LogP contribution is -2.70. The molecule has 49 heavy (non-hydrogen) atoms. The van der Waals surface area contributed by atoms with Crippen LogP contribution in [0.4, 0.5) is 5.69 Å². The zero-order valence-electron chi connectivity index (χ0n) is 26.2. The molecule has 21 heteroatoms. The highest BCUT2D eigenvalue weighted by Gasteiger charge is 2.54. The summed E-state index contributed by atoms with van der Waals surface area (Å²) in [7, 11) is 0. The van der Waals surface area contributed by atoms with Crippen molar-refractivity contribution in [1.82, 2.24) is 10.6 Å². The van der Waals surface area contributed by atoms with Crippen molar-refractivity contribution in [2.75, 3.05) is 19.8 Å². The molecule has 0 radical (unpaired) electrons. The van der Waals surface area contributed by atoms with Gasteiger partial charge in [0.05, 0.1) is 24.7 Å². The number of aliphatic hydroxyl groups excluding tert-OH is 8. The van der Waals surface area contributed by atoms with E-state index in [1.165, 1.54) is 12.1 Å². The molecule has 4 rings (SSSR count). The van der Waals surface area contributed by atoms with Gasteiger partial charge in [-0.05, 0) is 12.1 Å². The summed E-state index contributed by atoms with van der Waals surface area (Å²) in [6.45, 7) is -0.213. The van der Waals surface area contributed by atoms with Crippen LogP contribution in [0.5, 0.6) is 5.75 Å². The molecule has 276 valence electrons. The molecular weight excluding hydrogens is 666 g/mol. The van der Waals surface area contributed by atoms with Gasteiger partial charge in [-0.25, -0.2) is 0 Å². The number of nitrogens with one attached hydrogen (secondary N) is 2. The van der Waals surface area contributed by atoms with Crippen molar-refractivity contribution >= 4 is 17.5 Å². The number of rotatable bonds is 12. The first kappa shape index (κ1) is 38.6. The zero-order chi connectivity index (χ0) is 36.2. The molecule has 0 bridgehead atoms. The zero-order valence-corrected chi connectivity index (χ0v) is 26.2. The molecule has 1 aromatic carbocycles. The smallest absolute Gasteiger partial charge is 0.269 e. The molecule has 1 aromatic rings. The van der Waals surface area contributed by atoms with Gasteiger partial charge in [-0.15, -0.1) is 0 Å². The Morgan fingerprint density at radius 3 is 1.61 bits per heavy atom. The Balaban J connectivity index is 1.57. The van der Waals surface area contributed by atoms with Gasteiger partial charge >= 0.3 is 0 Å². The second-order valence-electron chi connectivity index (χ2n) is 11.7. The number of amides is 2. The fraction of sp³-hybridized carbons (Fsp3) is 0.714. The molecule has 0 spiro atoms. The third kappa shape index (κ3) is 8.78. The van der Waals surface area contributed by atoms with E-state index in [1.807, 2.05) is 0 Å². The molecule has 3 saturated heterocycles. The van der Waals surface area contributed by atoms with E-state index < -0.39 is 129 Å². The minimum Gasteiger partial charge on any atom is -0.463 e. The molecule has 2 amide bonds. The van der Waals surface area contributed by atoms with Gasteiger partial charge in [-0.2, -0.15) is 0 Å². The number of nitro groups is 1. The van der Waals surface area contributed by atoms with Gasteiger partial charge in [-0.1, -0.05) is 0 Å². The normalized spacial score (nSPS) is 39.5. The van der Waals surface area contributed by atoms with Crippen molar-refractivity contribution in [3.05, 3.63) is 34.4 Å². The number of hydrogen-bond donors (Lipinski definition) is 10. The number of non-ortho nitro benzene ring substituents is 1. The van der Waals surface area contributed by atoms with E-state index in [-0.39, 0.29) is 11.4 Å². The maximum Gasteiger partial charge on any atom is 0.269 e. The maximum absolute atomic E-state index is 12.2. The van der Waals surface area contributed by atoms with Crippen molar-refractivity contribution in [2.45, 2.75) is 106 Å². The van der Waals surface area contributed by atoms with Crippen LogP contribution in [0.3, 0.4) is 0 Å². The molecular formula is C28H41N3O18. The molecule has 15 atom stereocenters. The largest absolute Gasteiger partial charge is 0.463 e. The molecule has 21 nitrogen and oxygen atoms in total. The number of hydrogen-bond acceptors (Lipinski definition) is 18. The van der Waals surface area contributed by atoms with E-state index in [4.69, 9.17) is 28.4 Å². The Kier molecular flexibility index (Phi) is 13.2. The van der Waals surface area contributed by atoms with Crippen molar-refractivity contribution in [2.24, 2.45) is 0 Å². The molecule has 0 aliphatic carbocycles. The van der Waals surface area contributed by atoms with Crippen molar-refractivity contribution < 1.29 is 83.8 Å². The van der Waals surface area contributed by atoms with E-state index in [1.54, 1.807) is 0 Å². The van der Waals surface area contributed by atoms with Crippen molar-refractivity contribution in [3.8, 4) is 5.75 Å². The first-order valence-corrected chi connectivity index (χ1v) is 15.2. The molecule has 3 aliphatic rings. The summed E-state index contributed by atoms with van der Waals surface area (Å²) in [4.78, 5) is 34.7. The fourth-order valence-corrected chi connectivity index (χ4v) is 5.73. The van der Waals surface area contributed by atoms with E-state index in [2.05, 4.69) is 10.6 Å². The molecule has 10 N–H and O–H groups in total. The van der Waals surface area contributed by atoms with Gasteiger partial charge in [0.15, 0.2) is 12.6 Å². The summed E-state index contributed by atoms with van der Waals surface area (Å²) in [5.41, 5.74) is -0.234. The Hall–Kier alpha value is -3.16. The topological polar surface area (TPSA) is 319 Å². The summed E-state index contributed by atoms with van der Waals surface area (Å²) in [6, 6.07) is 1.89. The Morgan fingerprint density at radius 1 is 0.694 bits per heavy atom. The van der Waals surface area contributed by atoms with E-state index in [0.29, 0.717) is 0 Å². The van der Waals surface area contributed by atoms with Crippen LogP contribution < -0.4 is 15.4 Å². The monoisotopic (exact) mass is 707 g/mol. The third-order valence-electron chi connectivity index (χ3n) is 8.18. The van der Waals surface area contributed by atoms with E-state index in [9.17, 15) is 60.6 Å². The lowest BCUT2D eigenvalue weighted by Gasteiger charge is -2.49. The molecule has 3 heterocycles. The Bertz CT molecular complexity index is 1270. The van der Waals surface area contributed by atoms with Gasteiger partial charge in [0.1, 0.15) is 78.9 Å². The first-order chi connectivity index (χ1) is 23.2. The molecule has 3 aliphatic heterocycles. The number of carbonyl (C=O) groups excluding carboxylic acids is 2. The van der Waals surface area contributed by atoms with Crippen LogP contribution in [0.2, 0.25) is 0 Å². The predicted molar refractivity (Wildman–Crippen MR) is 156 cm³/mol. The van der Waals surface area contributed by atoms with Gasteiger partial charge in [-0.3, -0.25) is 19.7 Å². The summed E-state index contributed by atoms with van der Waals surface area (Å²) in [5.74, 6) is -1.29. The highest BCUT2D eigenvalue weighted by Crippen LogP contribution is 2.33. The first-order valence-electron chi connectivity index (χ1n) is 15.2. The van der Waals surface area contributed by atoms with Gasteiger partial charge in [0.2, 0.25) is 18.1 Å². The van der Waals surface area contributed by atoms with E-state index >= 15 is 0 Å². The van der Waals surface area contributed by atoms with Gasteiger partial charge in [0.25, 0.3) is 5.69 Å². The average Bonchev–Trinajstić information content (AvgIpc) is 3.06. The Labute approximate surface area is 278 Å². The van der Waals surface area contributed by atoms with Crippen molar-refractivity contribution in [1.29, 1.82) is 0 Å². The summed E-state index contributed by atoms with van der Waals surface area (Å²) < 4.78 is 34.4. The summed E-state index contributed by atoms with van der Waals surface area (Å²) in [5, 5.41) is 99.3. The molecule has 3 fully saturated rings. The minimum atomic E-state index is -1.88. The third-order valence-corrected chi connectivity index (χ3v) is 8.18. The molecule has 0 aromatic heterocycles. The highest BCUT2D eigenvalue weighted by molar-refractivity contribution is 5.73. The number of ether oxygens (including phenoxy) is 6. The van der Waals surface area contributed by atoms with Crippen LogP contribution in [0, 0.1) is 10.1 Å². The standard InChI is InChI=1S/C28H41N3O18/c1-10(35)29-17-20(38)24(15(8-33)46-26(17)44-13-5-3-12(4-6-13)31(42)43)48-27-18(30-11(2)36)21(39)25(16(9-34)47-27)49-28-23(41)22(40)19(37)14(7-32)45-28/h3-6,14-28,32-34,37-41H,7-9H2,1-2H3,(H,29,35)(H,30,36)/t14-,15-,16-,17-,18-,19+,20-,21-,22+,23-,24-,25-,26-,27+,28+/m1/s1. The van der Waals surface area contributed by atoms with Crippen LogP contribution >= 0.6 is 0 Å². The highest BCUT2D eigenvalue weighted by atomic mass is 16.8. The quantitative estimate of drug-likeness (QED) is 0.0716. The second kappa shape index (κ2) is 16.7. The number of carbonyl (C=O) groups is 2. The summed E-state index contributed by atoms with van der Waals surface area (Å²) >= 11 is 0. The van der Waals surface area contributed by atoms with Gasteiger partial charge in [0, 0.05) is 26.0 Å². The van der Waals surface area contributed by atoms with Crippen molar-refractivity contribution in [3.63, 3.8) is 0 Å². The Morgan fingerprint density at radius 2 is 1.14 bits per heavy atom. The van der Waals surface area contributed by atoms with Crippen LogP contribution in [-0.4, -0.2) is 169 Å². The number of nitrogens with zero attached hydrogens (tertiary/aromatic N) is 1. The lowest BCUT2D eigenvalue weighted by molar-refractivity contribution is -0.384. The van der Waals surface area contributed by atoms with E-state index in [0.717, 1.165) is 26.0 Å². The van der Waals surface area contributed by atoms with Crippen LogP contribution in [-0.2, 0) is 33.3 Å². The molecule has 0 saturated carbocycles.